The summed E-state index contributed by atoms with van der Waals surface area (Å²) in [5.74, 6) is 3.53. The van der Waals surface area contributed by atoms with E-state index in [-0.39, 0.29) is 0 Å². The van der Waals surface area contributed by atoms with E-state index in [1.54, 1.807) is 6.26 Å². The van der Waals surface area contributed by atoms with Gasteiger partial charge in [0, 0.05) is 20.1 Å². The Labute approximate surface area is 158 Å². The summed E-state index contributed by atoms with van der Waals surface area (Å²) in [5.41, 5.74) is 1.40. The van der Waals surface area contributed by atoms with E-state index in [9.17, 15) is 0 Å². The van der Waals surface area contributed by atoms with E-state index in [4.69, 9.17) is 4.42 Å². The highest BCUT2D eigenvalue weighted by Crippen LogP contribution is 2.21. The van der Waals surface area contributed by atoms with Crippen LogP contribution in [-0.4, -0.2) is 46.2 Å². The summed E-state index contributed by atoms with van der Waals surface area (Å²) in [6.07, 6.45) is 3.91. The number of benzene rings is 1. The largest absolute Gasteiger partial charge is 0.461 e. The van der Waals surface area contributed by atoms with Crippen LogP contribution in [-0.2, 0) is 13.0 Å². The van der Waals surface area contributed by atoms with Crippen molar-refractivity contribution >= 4 is 5.96 Å². The minimum absolute atomic E-state index is 0.542. The number of hydrogen-bond donors (Lipinski definition) is 2. The molecule has 1 fully saturated rings. The molecular weight excluding hydrogens is 340 g/mol. The van der Waals surface area contributed by atoms with Crippen LogP contribution < -0.4 is 5.32 Å². The molecule has 2 aromatic heterocycles. The Morgan fingerprint density at radius 1 is 1.30 bits per heavy atom. The number of likely N-dealkylation sites (tertiary alicyclic amines) is 1. The van der Waals surface area contributed by atoms with Crippen LogP contribution in [0.4, 0.5) is 0 Å². The predicted molar refractivity (Wildman–Crippen MR) is 104 cm³/mol. The van der Waals surface area contributed by atoms with Crippen molar-refractivity contribution in [3.8, 4) is 11.6 Å². The number of furan rings is 1. The molecule has 0 amide bonds. The van der Waals surface area contributed by atoms with Crippen molar-refractivity contribution in [3.63, 3.8) is 0 Å². The van der Waals surface area contributed by atoms with Crippen LogP contribution in [0.3, 0.4) is 0 Å². The summed E-state index contributed by atoms with van der Waals surface area (Å²) in [4.78, 5) is 11.2. The van der Waals surface area contributed by atoms with E-state index >= 15 is 0 Å². The fourth-order valence-electron chi connectivity index (χ4n) is 3.52. The number of hydrogen-bond acceptors (Lipinski definition) is 4. The summed E-state index contributed by atoms with van der Waals surface area (Å²) >= 11 is 0. The van der Waals surface area contributed by atoms with Gasteiger partial charge in [-0.15, -0.1) is 5.10 Å². The van der Waals surface area contributed by atoms with Gasteiger partial charge in [-0.3, -0.25) is 10.1 Å². The number of aliphatic imine (C=N–C) groups is 1. The van der Waals surface area contributed by atoms with E-state index in [0.717, 1.165) is 31.3 Å². The average Bonchev–Trinajstić information content (AvgIpc) is 3.45. The van der Waals surface area contributed by atoms with Crippen molar-refractivity contribution in [2.45, 2.75) is 19.4 Å². The third-order valence-corrected chi connectivity index (χ3v) is 4.85. The zero-order chi connectivity index (χ0) is 18.5. The summed E-state index contributed by atoms with van der Waals surface area (Å²) in [6.45, 7) is 2.58. The van der Waals surface area contributed by atoms with Gasteiger partial charge < -0.3 is 14.6 Å². The molecule has 2 N–H and O–H groups in total. The number of nitrogens with one attached hydrogen (secondary N) is 2. The van der Waals surface area contributed by atoms with Crippen molar-refractivity contribution < 1.29 is 4.42 Å². The number of aromatic nitrogens is 3. The number of rotatable bonds is 5. The zero-order valence-corrected chi connectivity index (χ0v) is 15.4. The quantitative estimate of drug-likeness (QED) is 0.537. The van der Waals surface area contributed by atoms with E-state index in [2.05, 4.69) is 60.7 Å². The molecule has 0 radical (unpaired) electrons. The maximum atomic E-state index is 5.32. The molecule has 7 heteroatoms. The molecule has 0 bridgehead atoms. The minimum atomic E-state index is 0.542. The highest BCUT2D eigenvalue weighted by molar-refractivity contribution is 5.80. The Hall–Kier alpha value is -3.09. The lowest BCUT2D eigenvalue weighted by atomic mass is 9.99. The lowest BCUT2D eigenvalue weighted by Crippen LogP contribution is -2.39. The Bertz CT molecular complexity index is 871. The monoisotopic (exact) mass is 364 g/mol. The topological polar surface area (TPSA) is 82.3 Å². The molecule has 0 saturated carbocycles. The van der Waals surface area contributed by atoms with Crippen LogP contribution in [0.25, 0.3) is 11.6 Å². The van der Waals surface area contributed by atoms with E-state index in [1.807, 2.05) is 19.2 Å². The third kappa shape index (κ3) is 4.19. The summed E-state index contributed by atoms with van der Waals surface area (Å²) in [6, 6.07) is 14.4. The standard InChI is InChI=1S/C20H24N6O/c1-21-20(22-13-18-23-19(25-24-18)17-8-5-11-27-17)26-10-9-16(14-26)12-15-6-3-2-4-7-15/h2-8,11,16H,9-10,12-14H2,1H3,(H,21,22)(H,23,24,25). The third-order valence-electron chi connectivity index (χ3n) is 4.85. The molecule has 1 unspecified atom stereocenters. The Kier molecular flexibility index (Phi) is 5.18. The normalized spacial score (nSPS) is 17.4. The molecular formula is C20H24N6O. The van der Waals surface area contributed by atoms with Crippen molar-refractivity contribution in [2.24, 2.45) is 10.9 Å². The van der Waals surface area contributed by atoms with Crippen molar-refractivity contribution in [2.75, 3.05) is 20.1 Å². The van der Waals surface area contributed by atoms with E-state index in [0.29, 0.717) is 24.0 Å². The molecule has 4 rings (SSSR count). The van der Waals surface area contributed by atoms with Crippen molar-refractivity contribution in [1.29, 1.82) is 0 Å². The van der Waals surface area contributed by atoms with Gasteiger partial charge >= 0.3 is 0 Å². The molecule has 1 aliphatic rings. The van der Waals surface area contributed by atoms with Gasteiger partial charge in [0.25, 0.3) is 0 Å². The molecule has 1 aliphatic heterocycles. The first-order valence-electron chi connectivity index (χ1n) is 9.26. The van der Waals surface area contributed by atoms with Gasteiger partial charge in [0.05, 0.1) is 12.8 Å². The van der Waals surface area contributed by atoms with Gasteiger partial charge in [-0.1, -0.05) is 30.3 Å². The lowest BCUT2D eigenvalue weighted by Gasteiger charge is -2.21. The Balaban J connectivity index is 1.31. The summed E-state index contributed by atoms with van der Waals surface area (Å²) in [7, 11) is 1.82. The number of guanidine groups is 1. The molecule has 140 valence electrons. The number of nitrogens with zero attached hydrogens (tertiary/aromatic N) is 4. The van der Waals surface area contributed by atoms with Gasteiger partial charge in [0.1, 0.15) is 5.82 Å². The zero-order valence-electron chi connectivity index (χ0n) is 15.4. The molecule has 0 aliphatic carbocycles. The fourth-order valence-corrected chi connectivity index (χ4v) is 3.52. The highest BCUT2D eigenvalue weighted by atomic mass is 16.3. The number of aromatic amines is 1. The van der Waals surface area contributed by atoms with Crippen LogP contribution in [0.1, 0.15) is 17.8 Å². The van der Waals surface area contributed by atoms with Crippen molar-refractivity contribution in [1.82, 2.24) is 25.4 Å². The van der Waals surface area contributed by atoms with Gasteiger partial charge in [0.15, 0.2) is 11.7 Å². The summed E-state index contributed by atoms with van der Waals surface area (Å²) in [5, 5.41) is 10.5. The van der Waals surface area contributed by atoms with Crippen LogP contribution in [0.2, 0.25) is 0 Å². The molecule has 1 atom stereocenters. The second-order valence-electron chi connectivity index (χ2n) is 6.77. The predicted octanol–water partition coefficient (Wildman–Crippen LogP) is 2.70. The first-order valence-corrected chi connectivity index (χ1v) is 9.26. The van der Waals surface area contributed by atoms with Crippen LogP contribution >= 0.6 is 0 Å². The fraction of sp³-hybridized carbons (Fsp3) is 0.350. The maximum Gasteiger partial charge on any atom is 0.216 e. The van der Waals surface area contributed by atoms with E-state index < -0.39 is 0 Å². The first-order chi connectivity index (χ1) is 13.3. The molecule has 1 saturated heterocycles. The second-order valence-corrected chi connectivity index (χ2v) is 6.77. The molecule has 3 heterocycles. The molecule has 7 nitrogen and oxygen atoms in total. The molecule has 1 aromatic carbocycles. The first kappa shape index (κ1) is 17.3. The van der Waals surface area contributed by atoms with Crippen LogP contribution in [0.15, 0.2) is 58.1 Å². The minimum Gasteiger partial charge on any atom is -0.461 e. The molecule has 3 aromatic rings. The lowest BCUT2D eigenvalue weighted by molar-refractivity contribution is 0.459. The smallest absolute Gasteiger partial charge is 0.216 e. The van der Waals surface area contributed by atoms with Gasteiger partial charge in [-0.2, -0.15) is 0 Å². The second kappa shape index (κ2) is 8.07. The Morgan fingerprint density at radius 2 is 2.19 bits per heavy atom. The van der Waals surface area contributed by atoms with Crippen LogP contribution in [0, 0.1) is 5.92 Å². The van der Waals surface area contributed by atoms with Crippen molar-refractivity contribution in [3.05, 3.63) is 60.1 Å². The summed E-state index contributed by atoms with van der Waals surface area (Å²) < 4.78 is 5.32. The van der Waals surface area contributed by atoms with Gasteiger partial charge in [-0.05, 0) is 36.5 Å². The van der Waals surface area contributed by atoms with Gasteiger partial charge in [-0.25, -0.2) is 4.98 Å². The van der Waals surface area contributed by atoms with Gasteiger partial charge in [0.2, 0.25) is 5.82 Å². The van der Waals surface area contributed by atoms with Crippen LogP contribution in [0.5, 0.6) is 0 Å². The SMILES string of the molecule is CN=C(NCc1nc(-c2ccco2)n[nH]1)N1CCC(Cc2ccccc2)C1. The number of H-pyrrole nitrogens is 1. The van der Waals surface area contributed by atoms with E-state index in [1.165, 1.54) is 12.0 Å². The molecule has 27 heavy (non-hydrogen) atoms. The molecule has 0 spiro atoms. The Morgan fingerprint density at radius 3 is 2.96 bits per heavy atom. The average molecular weight is 364 g/mol. The maximum absolute atomic E-state index is 5.32. The highest BCUT2D eigenvalue weighted by Gasteiger charge is 2.25.